The standard InChI is InChI=1S/C15H16N2O2/c1-3-10(2)16-17-15(19)13-8-11-6-4-5-7-12(11)9-14(13)18/h4-9,18H,3H2,1-2H3,(H,17,19)/b16-10-. The Hall–Kier alpha value is -2.36. The van der Waals surface area contributed by atoms with E-state index in [-0.39, 0.29) is 11.3 Å². The topological polar surface area (TPSA) is 61.7 Å². The fraction of sp³-hybridized carbons (Fsp3) is 0.200. The Bertz CT molecular complexity index is 648. The molecule has 0 atom stereocenters. The number of hydrogen-bond acceptors (Lipinski definition) is 3. The van der Waals surface area contributed by atoms with E-state index in [1.54, 1.807) is 12.1 Å². The van der Waals surface area contributed by atoms with Crippen molar-refractivity contribution in [1.29, 1.82) is 0 Å². The molecule has 0 bridgehead atoms. The van der Waals surface area contributed by atoms with E-state index in [1.165, 1.54) is 0 Å². The van der Waals surface area contributed by atoms with Crippen LogP contribution in [0.15, 0.2) is 41.5 Å². The summed E-state index contributed by atoms with van der Waals surface area (Å²) in [5, 5.41) is 15.6. The van der Waals surface area contributed by atoms with Crippen LogP contribution < -0.4 is 5.43 Å². The van der Waals surface area contributed by atoms with Crippen molar-refractivity contribution in [3.05, 3.63) is 42.0 Å². The molecule has 4 nitrogen and oxygen atoms in total. The normalized spacial score (nSPS) is 11.6. The highest BCUT2D eigenvalue weighted by molar-refractivity contribution is 6.01. The molecule has 0 saturated heterocycles. The lowest BCUT2D eigenvalue weighted by atomic mass is 10.1. The Morgan fingerprint density at radius 1 is 1.26 bits per heavy atom. The number of nitrogens with one attached hydrogen (secondary N) is 1. The number of phenols is 1. The number of carbonyl (C=O) groups excluding carboxylic acids is 1. The number of hydrazone groups is 1. The number of benzene rings is 2. The summed E-state index contributed by atoms with van der Waals surface area (Å²) in [6, 6.07) is 10.8. The van der Waals surface area contributed by atoms with Gasteiger partial charge < -0.3 is 5.11 Å². The second kappa shape index (κ2) is 5.52. The average molecular weight is 256 g/mol. The predicted molar refractivity (Wildman–Crippen MR) is 76.5 cm³/mol. The molecule has 19 heavy (non-hydrogen) atoms. The molecule has 0 aliphatic heterocycles. The fourth-order valence-electron chi connectivity index (χ4n) is 1.70. The highest BCUT2D eigenvalue weighted by Crippen LogP contribution is 2.24. The van der Waals surface area contributed by atoms with Crippen molar-refractivity contribution in [3.63, 3.8) is 0 Å². The number of carbonyl (C=O) groups is 1. The number of phenolic OH excluding ortho intramolecular Hbond substituents is 1. The fourth-order valence-corrected chi connectivity index (χ4v) is 1.70. The first kappa shape index (κ1) is 13.1. The van der Waals surface area contributed by atoms with E-state index in [0.29, 0.717) is 0 Å². The van der Waals surface area contributed by atoms with Crippen molar-refractivity contribution >= 4 is 22.4 Å². The summed E-state index contributed by atoms with van der Waals surface area (Å²) in [6.45, 7) is 3.79. The van der Waals surface area contributed by atoms with E-state index < -0.39 is 5.91 Å². The van der Waals surface area contributed by atoms with Crippen molar-refractivity contribution in [2.24, 2.45) is 5.10 Å². The average Bonchev–Trinajstić information content (AvgIpc) is 2.43. The van der Waals surface area contributed by atoms with Gasteiger partial charge in [-0.15, -0.1) is 0 Å². The van der Waals surface area contributed by atoms with Crippen molar-refractivity contribution < 1.29 is 9.90 Å². The van der Waals surface area contributed by atoms with E-state index in [0.717, 1.165) is 22.9 Å². The highest BCUT2D eigenvalue weighted by atomic mass is 16.3. The lowest BCUT2D eigenvalue weighted by Crippen LogP contribution is -2.19. The molecule has 0 aliphatic carbocycles. The molecule has 2 rings (SSSR count). The maximum atomic E-state index is 12.0. The Morgan fingerprint density at radius 2 is 1.89 bits per heavy atom. The first-order valence-electron chi connectivity index (χ1n) is 6.17. The van der Waals surface area contributed by atoms with E-state index in [2.05, 4.69) is 10.5 Å². The third-order valence-electron chi connectivity index (χ3n) is 2.97. The van der Waals surface area contributed by atoms with Crippen molar-refractivity contribution in [1.82, 2.24) is 5.43 Å². The molecular formula is C15H16N2O2. The quantitative estimate of drug-likeness (QED) is 0.655. The van der Waals surface area contributed by atoms with E-state index in [1.807, 2.05) is 38.1 Å². The van der Waals surface area contributed by atoms with Crippen LogP contribution in [0.5, 0.6) is 5.75 Å². The molecule has 2 N–H and O–H groups in total. The largest absolute Gasteiger partial charge is 0.507 e. The Morgan fingerprint density at radius 3 is 2.53 bits per heavy atom. The molecule has 2 aromatic carbocycles. The molecule has 0 heterocycles. The molecule has 4 heteroatoms. The molecule has 0 fully saturated rings. The number of nitrogens with zero attached hydrogens (tertiary/aromatic N) is 1. The van der Waals surface area contributed by atoms with Gasteiger partial charge in [0.15, 0.2) is 0 Å². The molecule has 0 aliphatic rings. The Kier molecular flexibility index (Phi) is 3.80. The molecule has 0 spiro atoms. The monoisotopic (exact) mass is 256 g/mol. The number of amides is 1. The van der Waals surface area contributed by atoms with Crippen molar-refractivity contribution in [2.45, 2.75) is 20.3 Å². The van der Waals surface area contributed by atoms with Crippen LogP contribution in [-0.4, -0.2) is 16.7 Å². The van der Waals surface area contributed by atoms with Gasteiger partial charge in [-0.2, -0.15) is 5.10 Å². The van der Waals surface area contributed by atoms with E-state index in [4.69, 9.17) is 0 Å². The molecule has 0 radical (unpaired) electrons. The zero-order valence-corrected chi connectivity index (χ0v) is 11.0. The van der Waals surface area contributed by atoms with Gasteiger partial charge in [0.25, 0.3) is 5.91 Å². The molecule has 0 saturated carbocycles. The first-order valence-corrected chi connectivity index (χ1v) is 6.17. The SMILES string of the molecule is CC/C(C)=N\NC(=O)c1cc2ccccc2cc1O. The predicted octanol–water partition coefficient (Wildman–Crippen LogP) is 3.06. The molecule has 0 unspecified atom stereocenters. The summed E-state index contributed by atoms with van der Waals surface area (Å²) in [4.78, 5) is 12.0. The second-order valence-corrected chi connectivity index (χ2v) is 4.36. The van der Waals surface area contributed by atoms with Crippen LogP contribution in [0.2, 0.25) is 0 Å². The minimum absolute atomic E-state index is 0.0412. The van der Waals surface area contributed by atoms with Gasteiger partial charge in [-0.3, -0.25) is 4.79 Å². The van der Waals surface area contributed by atoms with Gasteiger partial charge in [-0.05, 0) is 36.2 Å². The van der Waals surface area contributed by atoms with Gasteiger partial charge in [0, 0.05) is 5.71 Å². The van der Waals surface area contributed by atoms with Gasteiger partial charge in [-0.1, -0.05) is 31.2 Å². The smallest absolute Gasteiger partial charge is 0.275 e. The molecule has 1 amide bonds. The summed E-state index contributed by atoms with van der Waals surface area (Å²) in [5.74, 6) is -0.448. The van der Waals surface area contributed by atoms with Gasteiger partial charge >= 0.3 is 0 Å². The lowest BCUT2D eigenvalue weighted by molar-refractivity contribution is 0.0952. The summed E-state index contributed by atoms with van der Waals surface area (Å²) in [6.07, 6.45) is 0.768. The summed E-state index contributed by atoms with van der Waals surface area (Å²) >= 11 is 0. The van der Waals surface area contributed by atoms with Gasteiger partial charge in [0.1, 0.15) is 5.75 Å². The third-order valence-corrected chi connectivity index (χ3v) is 2.97. The van der Waals surface area contributed by atoms with E-state index >= 15 is 0 Å². The molecule has 2 aromatic rings. The van der Waals surface area contributed by atoms with Gasteiger partial charge in [0.2, 0.25) is 0 Å². The number of fused-ring (bicyclic) bond motifs is 1. The zero-order chi connectivity index (χ0) is 13.8. The van der Waals surface area contributed by atoms with Crippen LogP contribution in [0, 0.1) is 0 Å². The van der Waals surface area contributed by atoms with Crippen LogP contribution in [0.4, 0.5) is 0 Å². The maximum absolute atomic E-state index is 12.0. The van der Waals surface area contributed by atoms with Crippen LogP contribution in [0.1, 0.15) is 30.6 Å². The highest BCUT2D eigenvalue weighted by Gasteiger charge is 2.11. The minimum Gasteiger partial charge on any atom is -0.507 e. The van der Waals surface area contributed by atoms with Gasteiger partial charge in [-0.25, -0.2) is 5.43 Å². The minimum atomic E-state index is -0.406. The summed E-state index contributed by atoms with van der Waals surface area (Å²) in [7, 11) is 0. The Labute approximate surface area is 111 Å². The van der Waals surface area contributed by atoms with Crippen molar-refractivity contribution in [3.8, 4) is 5.75 Å². The second-order valence-electron chi connectivity index (χ2n) is 4.36. The molecule has 98 valence electrons. The number of rotatable bonds is 3. The number of hydrogen-bond donors (Lipinski definition) is 2. The van der Waals surface area contributed by atoms with Crippen molar-refractivity contribution in [2.75, 3.05) is 0 Å². The zero-order valence-electron chi connectivity index (χ0n) is 11.0. The van der Waals surface area contributed by atoms with Gasteiger partial charge in [0.05, 0.1) is 5.56 Å². The van der Waals surface area contributed by atoms with E-state index in [9.17, 15) is 9.90 Å². The summed E-state index contributed by atoms with van der Waals surface area (Å²) in [5.41, 5.74) is 3.50. The molecular weight excluding hydrogens is 240 g/mol. The summed E-state index contributed by atoms with van der Waals surface area (Å²) < 4.78 is 0. The Balaban J connectivity index is 2.34. The first-order chi connectivity index (χ1) is 9.11. The maximum Gasteiger partial charge on any atom is 0.275 e. The van der Waals surface area contributed by atoms with Crippen LogP contribution in [0.25, 0.3) is 10.8 Å². The van der Waals surface area contributed by atoms with Crippen LogP contribution >= 0.6 is 0 Å². The van der Waals surface area contributed by atoms with Crippen LogP contribution in [0.3, 0.4) is 0 Å². The van der Waals surface area contributed by atoms with Crippen LogP contribution in [-0.2, 0) is 0 Å². The number of aromatic hydroxyl groups is 1. The molecule has 0 aromatic heterocycles. The lowest BCUT2D eigenvalue weighted by Gasteiger charge is -2.06. The third kappa shape index (κ3) is 2.91.